The molecular weight excluding hydrogens is 416 g/mol. The van der Waals surface area contributed by atoms with E-state index in [9.17, 15) is 8.42 Å². The van der Waals surface area contributed by atoms with Crippen molar-refractivity contribution in [3.05, 3.63) is 83.7 Å². The molecule has 0 fully saturated rings. The topological polar surface area (TPSA) is 76.9 Å². The van der Waals surface area contributed by atoms with Gasteiger partial charge in [-0.2, -0.15) is 0 Å². The van der Waals surface area contributed by atoms with Crippen molar-refractivity contribution in [3.8, 4) is 0 Å². The Morgan fingerprint density at radius 1 is 1.11 bits per heavy atom. The number of rotatable bonds is 9. The molecule has 0 aliphatic carbocycles. The second kappa shape index (κ2) is 9.38. The number of halogens is 1. The van der Waals surface area contributed by atoms with Crippen molar-refractivity contribution in [1.29, 1.82) is 0 Å². The van der Waals surface area contributed by atoms with Crippen molar-refractivity contribution < 1.29 is 8.42 Å². The minimum Gasteiger partial charge on any atom is -0.301 e. The van der Waals surface area contributed by atoms with Gasteiger partial charge in [0, 0.05) is 17.3 Å². The largest absolute Gasteiger partial charge is 0.301 e. The lowest BCUT2D eigenvalue weighted by atomic mass is 10.2. The van der Waals surface area contributed by atoms with E-state index in [2.05, 4.69) is 21.5 Å². The van der Waals surface area contributed by atoms with Crippen LogP contribution >= 0.6 is 23.4 Å². The molecule has 0 saturated heterocycles. The summed E-state index contributed by atoms with van der Waals surface area (Å²) in [6, 6.07) is 16.0. The molecule has 0 aliphatic heterocycles. The van der Waals surface area contributed by atoms with Gasteiger partial charge in [-0.3, -0.25) is 0 Å². The predicted octanol–water partition coefficient (Wildman–Crippen LogP) is 3.89. The van der Waals surface area contributed by atoms with Gasteiger partial charge in [-0.1, -0.05) is 59.8 Å². The van der Waals surface area contributed by atoms with Crippen LogP contribution in [0.5, 0.6) is 0 Å². The summed E-state index contributed by atoms with van der Waals surface area (Å²) in [6.07, 6.45) is 1.73. The lowest BCUT2D eigenvalue weighted by Gasteiger charge is -2.09. The Balaban J connectivity index is 1.72. The molecule has 0 spiro atoms. The fourth-order valence-electron chi connectivity index (χ4n) is 2.45. The number of sulfonamides is 1. The number of nitrogens with zero attached hydrogens (tertiary/aromatic N) is 3. The maximum absolute atomic E-state index is 12.5. The van der Waals surface area contributed by atoms with Gasteiger partial charge in [-0.25, -0.2) is 13.1 Å². The van der Waals surface area contributed by atoms with Crippen LogP contribution in [0.15, 0.2) is 77.3 Å². The van der Waals surface area contributed by atoms with Crippen LogP contribution in [0.3, 0.4) is 0 Å². The Bertz CT molecular complexity index is 1040. The normalized spacial score (nSPS) is 11.5. The lowest BCUT2D eigenvalue weighted by Crippen LogP contribution is -2.25. The zero-order chi connectivity index (χ0) is 20.0. The molecule has 0 atom stereocenters. The van der Waals surface area contributed by atoms with Gasteiger partial charge in [-0.15, -0.1) is 16.8 Å². The van der Waals surface area contributed by atoms with E-state index in [0.29, 0.717) is 22.5 Å². The Morgan fingerprint density at radius 2 is 1.82 bits per heavy atom. The summed E-state index contributed by atoms with van der Waals surface area (Å²) in [5.74, 6) is 1.26. The molecule has 0 radical (unpaired) electrons. The molecule has 2 aromatic carbocycles. The highest BCUT2D eigenvalue weighted by molar-refractivity contribution is 7.98. The third-order valence-corrected chi connectivity index (χ3v) is 6.57. The first-order valence-electron chi connectivity index (χ1n) is 8.44. The zero-order valence-electron chi connectivity index (χ0n) is 15.0. The molecule has 146 valence electrons. The highest BCUT2D eigenvalue weighted by Crippen LogP contribution is 2.22. The zero-order valence-corrected chi connectivity index (χ0v) is 17.3. The maximum Gasteiger partial charge on any atom is 0.240 e. The van der Waals surface area contributed by atoms with Crippen LogP contribution in [-0.4, -0.2) is 23.2 Å². The van der Waals surface area contributed by atoms with Gasteiger partial charge in [0.1, 0.15) is 5.82 Å². The molecule has 1 heterocycles. The fourth-order valence-corrected chi connectivity index (χ4v) is 4.48. The Morgan fingerprint density at radius 3 is 2.50 bits per heavy atom. The van der Waals surface area contributed by atoms with Gasteiger partial charge < -0.3 is 4.57 Å². The first-order chi connectivity index (χ1) is 13.5. The van der Waals surface area contributed by atoms with Crippen LogP contribution in [0.4, 0.5) is 0 Å². The van der Waals surface area contributed by atoms with Crippen LogP contribution < -0.4 is 4.72 Å². The van der Waals surface area contributed by atoms with E-state index < -0.39 is 10.0 Å². The van der Waals surface area contributed by atoms with Crippen molar-refractivity contribution in [1.82, 2.24) is 19.5 Å². The summed E-state index contributed by atoms with van der Waals surface area (Å²) >= 11 is 7.36. The number of thioether (sulfide) groups is 1. The second-order valence-corrected chi connectivity index (χ2v) is 9.00. The van der Waals surface area contributed by atoms with Gasteiger partial charge in [0.15, 0.2) is 5.16 Å². The molecule has 6 nitrogen and oxygen atoms in total. The third-order valence-electron chi connectivity index (χ3n) is 3.86. The van der Waals surface area contributed by atoms with E-state index in [4.69, 9.17) is 11.6 Å². The molecule has 1 aromatic heterocycles. The van der Waals surface area contributed by atoms with E-state index in [1.54, 1.807) is 17.8 Å². The monoisotopic (exact) mass is 434 g/mol. The average Bonchev–Trinajstić information content (AvgIpc) is 3.08. The molecule has 3 rings (SSSR count). The maximum atomic E-state index is 12.5. The van der Waals surface area contributed by atoms with Crippen LogP contribution in [-0.2, 0) is 28.9 Å². The number of hydrogen-bond donors (Lipinski definition) is 1. The third kappa shape index (κ3) is 5.23. The van der Waals surface area contributed by atoms with E-state index in [-0.39, 0.29) is 11.4 Å². The molecule has 1 N–H and O–H groups in total. The first kappa shape index (κ1) is 20.6. The average molecular weight is 435 g/mol. The number of hydrogen-bond acceptors (Lipinski definition) is 5. The minimum atomic E-state index is -3.68. The summed E-state index contributed by atoms with van der Waals surface area (Å²) in [5.41, 5.74) is 1.17. The Labute approximate surface area is 173 Å². The van der Waals surface area contributed by atoms with Crippen molar-refractivity contribution in [2.45, 2.75) is 28.9 Å². The van der Waals surface area contributed by atoms with Crippen LogP contribution in [0.1, 0.15) is 11.4 Å². The van der Waals surface area contributed by atoms with Crippen LogP contribution in [0.2, 0.25) is 5.02 Å². The molecule has 3 aromatic rings. The van der Waals surface area contributed by atoms with Crippen molar-refractivity contribution in [2.75, 3.05) is 0 Å². The van der Waals surface area contributed by atoms with E-state index >= 15 is 0 Å². The van der Waals surface area contributed by atoms with Crippen molar-refractivity contribution in [3.63, 3.8) is 0 Å². The molecule has 0 bridgehead atoms. The number of allylic oxidation sites excluding steroid dienone is 1. The molecule has 0 amide bonds. The summed E-state index contributed by atoms with van der Waals surface area (Å²) in [7, 11) is -3.68. The molecule has 0 saturated carbocycles. The minimum absolute atomic E-state index is 0.0255. The molecule has 28 heavy (non-hydrogen) atoms. The second-order valence-electron chi connectivity index (χ2n) is 5.85. The van der Waals surface area contributed by atoms with Crippen molar-refractivity contribution in [2.24, 2.45) is 0 Å². The number of nitrogens with one attached hydrogen (secondary N) is 1. The van der Waals surface area contributed by atoms with Crippen LogP contribution in [0, 0.1) is 0 Å². The van der Waals surface area contributed by atoms with E-state index in [0.717, 1.165) is 5.75 Å². The lowest BCUT2D eigenvalue weighted by molar-refractivity contribution is 0.574. The fraction of sp³-hybridized carbons (Fsp3) is 0.158. The van der Waals surface area contributed by atoms with Gasteiger partial charge >= 0.3 is 0 Å². The highest BCUT2D eigenvalue weighted by atomic mass is 35.5. The Kier molecular flexibility index (Phi) is 6.90. The highest BCUT2D eigenvalue weighted by Gasteiger charge is 2.17. The molecule has 0 aliphatic rings. The SMILES string of the molecule is C=CCn1c(CNS(=O)(=O)c2ccc(Cl)cc2)nnc1SCc1ccccc1. The number of benzene rings is 2. The van der Waals surface area contributed by atoms with Gasteiger partial charge in [0.2, 0.25) is 10.0 Å². The molecule has 9 heteroatoms. The van der Waals surface area contributed by atoms with E-state index in [1.807, 2.05) is 34.9 Å². The summed E-state index contributed by atoms with van der Waals surface area (Å²) in [5, 5.41) is 9.55. The van der Waals surface area contributed by atoms with Gasteiger partial charge in [0.25, 0.3) is 0 Å². The quantitative estimate of drug-likeness (QED) is 0.408. The van der Waals surface area contributed by atoms with E-state index in [1.165, 1.54) is 29.8 Å². The molecule has 0 unspecified atom stereocenters. The molecular formula is C19H19ClN4O2S2. The van der Waals surface area contributed by atoms with Crippen LogP contribution in [0.25, 0.3) is 0 Å². The first-order valence-corrected chi connectivity index (χ1v) is 11.3. The smallest absolute Gasteiger partial charge is 0.240 e. The standard InChI is InChI=1S/C19H19ClN4O2S2/c1-2-12-24-18(13-21-28(25,26)17-10-8-16(20)9-11-17)22-23-19(24)27-14-15-6-4-3-5-7-15/h2-11,21H,1,12-14H2. The Hall–Kier alpha value is -2.13. The van der Waals surface area contributed by atoms with Crippen molar-refractivity contribution >= 4 is 33.4 Å². The summed E-state index contributed by atoms with van der Waals surface area (Å²) in [6.45, 7) is 4.28. The van der Waals surface area contributed by atoms with Gasteiger partial charge in [0.05, 0.1) is 11.4 Å². The van der Waals surface area contributed by atoms with Gasteiger partial charge in [-0.05, 0) is 29.8 Å². The summed E-state index contributed by atoms with van der Waals surface area (Å²) < 4.78 is 29.3. The number of aromatic nitrogens is 3. The summed E-state index contributed by atoms with van der Waals surface area (Å²) in [4.78, 5) is 0.144. The predicted molar refractivity (Wildman–Crippen MR) is 112 cm³/mol.